The van der Waals surface area contributed by atoms with Crippen LogP contribution in [0.5, 0.6) is 0 Å². The number of aliphatic hydroxyl groups excluding tert-OH is 1. The van der Waals surface area contributed by atoms with Gasteiger partial charge in [-0.05, 0) is 42.0 Å². The topological polar surface area (TPSA) is 58.6 Å². The van der Waals surface area contributed by atoms with Crippen molar-refractivity contribution in [3.8, 4) is 0 Å². The molecule has 114 valence electrons. The van der Waals surface area contributed by atoms with Crippen molar-refractivity contribution in [1.82, 2.24) is 0 Å². The number of benzene rings is 2. The van der Waals surface area contributed by atoms with Crippen LogP contribution in [0.25, 0.3) is 0 Å². The van der Waals surface area contributed by atoms with E-state index in [1.165, 1.54) is 5.56 Å². The number of anilines is 1. The number of carbonyl (C=O) groups is 1. The van der Waals surface area contributed by atoms with Gasteiger partial charge in [0.25, 0.3) is 0 Å². The SMILES string of the molecule is O=C(Nc1ccc(C2CC(O)C2)cc1)OCc1ccccc1. The zero-order valence-corrected chi connectivity index (χ0v) is 12.2. The first kappa shape index (κ1) is 14.6. The van der Waals surface area contributed by atoms with Crippen LogP contribution in [0, 0.1) is 0 Å². The maximum Gasteiger partial charge on any atom is 0.411 e. The first-order valence-electron chi connectivity index (χ1n) is 7.46. The zero-order chi connectivity index (χ0) is 15.4. The lowest BCUT2D eigenvalue weighted by Gasteiger charge is -2.31. The molecular weight excluding hydrogens is 278 g/mol. The molecule has 0 heterocycles. The standard InChI is InChI=1S/C18H19NO3/c20-17-10-15(11-17)14-6-8-16(9-7-14)19-18(21)22-12-13-4-2-1-3-5-13/h1-9,15,17,20H,10-12H2,(H,19,21). The van der Waals surface area contributed by atoms with Crippen molar-refractivity contribution in [3.05, 3.63) is 65.7 Å². The van der Waals surface area contributed by atoms with E-state index in [9.17, 15) is 9.90 Å². The molecule has 0 bridgehead atoms. The Hall–Kier alpha value is -2.33. The van der Waals surface area contributed by atoms with E-state index in [1.807, 2.05) is 54.6 Å². The van der Waals surface area contributed by atoms with Crippen molar-refractivity contribution in [3.63, 3.8) is 0 Å². The van der Waals surface area contributed by atoms with Crippen LogP contribution in [0.2, 0.25) is 0 Å². The molecule has 0 unspecified atom stereocenters. The average Bonchev–Trinajstić information content (AvgIpc) is 2.52. The van der Waals surface area contributed by atoms with Crippen LogP contribution in [0.1, 0.15) is 29.9 Å². The van der Waals surface area contributed by atoms with Crippen molar-refractivity contribution >= 4 is 11.8 Å². The number of hydrogen-bond acceptors (Lipinski definition) is 3. The molecule has 0 atom stereocenters. The van der Waals surface area contributed by atoms with Crippen LogP contribution >= 0.6 is 0 Å². The molecule has 22 heavy (non-hydrogen) atoms. The minimum Gasteiger partial charge on any atom is -0.444 e. The Bertz CT molecular complexity index is 619. The number of aliphatic hydroxyl groups is 1. The number of carbonyl (C=O) groups excluding carboxylic acids is 1. The van der Waals surface area contributed by atoms with Crippen molar-refractivity contribution in [1.29, 1.82) is 0 Å². The highest BCUT2D eigenvalue weighted by atomic mass is 16.5. The third-order valence-electron chi connectivity index (χ3n) is 3.95. The van der Waals surface area contributed by atoms with Gasteiger partial charge in [0.2, 0.25) is 0 Å². The van der Waals surface area contributed by atoms with E-state index in [0.29, 0.717) is 11.6 Å². The van der Waals surface area contributed by atoms with E-state index in [-0.39, 0.29) is 12.7 Å². The number of nitrogens with one attached hydrogen (secondary N) is 1. The van der Waals surface area contributed by atoms with Gasteiger partial charge in [0.1, 0.15) is 6.61 Å². The zero-order valence-electron chi connectivity index (χ0n) is 12.2. The Morgan fingerprint density at radius 2 is 1.77 bits per heavy atom. The minimum absolute atomic E-state index is 0.157. The van der Waals surface area contributed by atoms with Crippen LogP contribution in [-0.4, -0.2) is 17.3 Å². The molecule has 0 spiro atoms. The van der Waals surface area contributed by atoms with Crippen molar-refractivity contribution in [2.75, 3.05) is 5.32 Å². The Balaban J connectivity index is 1.49. The molecule has 1 aliphatic rings. The summed E-state index contributed by atoms with van der Waals surface area (Å²) in [5.74, 6) is 0.439. The number of ether oxygens (including phenoxy) is 1. The smallest absolute Gasteiger partial charge is 0.411 e. The van der Waals surface area contributed by atoms with Gasteiger partial charge in [0.05, 0.1) is 6.10 Å². The maximum absolute atomic E-state index is 11.7. The molecule has 2 N–H and O–H groups in total. The van der Waals surface area contributed by atoms with E-state index >= 15 is 0 Å². The Labute approximate surface area is 129 Å². The molecule has 0 aliphatic heterocycles. The molecule has 2 aromatic carbocycles. The summed E-state index contributed by atoms with van der Waals surface area (Å²) in [6.07, 6.45) is 1.03. The normalized spacial score (nSPS) is 20.0. The molecule has 1 aliphatic carbocycles. The lowest BCUT2D eigenvalue weighted by atomic mass is 9.78. The van der Waals surface area contributed by atoms with E-state index in [2.05, 4.69) is 5.32 Å². The van der Waals surface area contributed by atoms with E-state index in [4.69, 9.17) is 4.74 Å². The summed E-state index contributed by atoms with van der Waals surface area (Å²) in [5, 5.41) is 12.0. The summed E-state index contributed by atoms with van der Waals surface area (Å²) in [4.78, 5) is 11.7. The summed E-state index contributed by atoms with van der Waals surface area (Å²) in [5.41, 5.74) is 2.87. The van der Waals surface area contributed by atoms with Gasteiger partial charge in [-0.3, -0.25) is 5.32 Å². The third kappa shape index (κ3) is 3.65. The highest BCUT2D eigenvalue weighted by Crippen LogP contribution is 2.36. The number of hydrogen-bond donors (Lipinski definition) is 2. The van der Waals surface area contributed by atoms with Gasteiger partial charge in [0, 0.05) is 5.69 Å². The first-order valence-corrected chi connectivity index (χ1v) is 7.46. The molecule has 2 aromatic rings. The first-order chi connectivity index (χ1) is 10.7. The third-order valence-corrected chi connectivity index (χ3v) is 3.95. The predicted molar refractivity (Wildman–Crippen MR) is 84.7 cm³/mol. The Morgan fingerprint density at radius 3 is 2.41 bits per heavy atom. The van der Waals surface area contributed by atoms with Crippen molar-refractivity contribution in [2.45, 2.75) is 31.5 Å². The Kier molecular flexibility index (Phi) is 4.39. The molecule has 3 rings (SSSR count). The molecular formula is C18H19NO3. The summed E-state index contributed by atoms with van der Waals surface area (Å²) >= 11 is 0. The predicted octanol–water partition coefficient (Wildman–Crippen LogP) is 3.67. The number of amides is 1. The average molecular weight is 297 g/mol. The molecule has 1 fully saturated rings. The second-order valence-corrected chi connectivity index (χ2v) is 5.63. The van der Waals surface area contributed by atoms with Gasteiger partial charge >= 0.3 is 6.09 Å². The van der Waals surface area contributed by atoms with Crippen LogP contribution in [0.3, 0.4) is 0 Å². The van der Waals surface area contributed by atoms with Crippen LogP contribution < -0.4 is 5.32 Å². The van der Waals surface area contributed by atoms with Crippen LogP contribution in [-0.2, 0) is 11.3 Å². The summed E-state index contributed by atoms with van der Waals surface area (Å²) in [6, 6.07) is 17.3. The summed E-state index contributed by atoms with van der Waals surface area (Å²) < 4.78 is 5.17. The largest absolute Gasteiger partial charge is 0.444 e. The fourth-order valence-electron chi connectivity index (χ4n) is 2.58. The lowest BCUT2D eigenvalue weighted by Crippen LogP contribution is -2.26. The van der Waals surface area contributed by atoms with Crippen molar-refractivity contribution < 1.29 is 14.6 Å². The molecule has 0 radical (unpaired) electrons. The number of rotatable bonds is 4. The fourth-order valence-corrected chi connectivity index (χ4v) is 2.58. The van der Waals surface area contributed by atoms with Gasteiger partial charge in [-0.1, -0.05) is 42.5 Å². The highest BCUT2D eigenvalue weighted by molar-refractivity contribution is 5.84. The molecule has 0 saturated heterocycles. The molecule has 4 nitrogen and oxygen atoms in total. The van der Waals surface area contributed by atoms with Gasteiger partial charge in [-0.2, -0.15) is 0 Å². The van der Waals surface area contributed by atoms with Crippen LogP contribution in [0.4, 0.5) is 10.5 Å². The Morgan fingerprint density at radius 1 is 1.09 bits per heavy atom. The summed E-state index contributed by atoms with van der Waals surface area (Å²) in [7, 11) is 0. The molecule has 4 heteroatoms. The van der Waals surface area contributed by atoms with Gasteiger partial charge in [0.15, 0.2) is 0 Å². The quantitative estimate of drug-likeness (QED) is 0.905. The molecule has 0 aromatic heterocycles. The van der Waals surface area contributed by atoms with E-state index in [1.54, 1.807) is 0 Å². The molecule has 1 saturated carbocycles. The van der Waals surface area contributed by atoms with Gasteiger partial charge in [-0.25, -0.2) is 4.79 Å². The van der Waals surface area contributed by atoms with E-state index < -0.39 is 6.09 Å². The maximum atomic E-state index is 11.7. The second-order valence-electron chi connectivity index (χ2n) is 5.63. The monoisotopic (exact) mass is 297 g/mol. The summed E-state index contributed by atoms with van der Waals surface area (Å²) in [6.45, 7) is 0.255. The van der Waals surface area contributed by atoms with Crippen molar-refractivity contribution in [2.24, 2.45) is 0 Å². The lowest BCUT2D eigenvalue weighted by molar-refractivity contribution is 0.0746. The van der Waals surface area contributed by atoms with Gasteiger partial charge in [-0.15, -0.1) is 0 Å². The molecule has 1 amide bonds. The second kappa shape index (κ2) is 6.62. The minimum atomic E-state index is -0.462. The highest BCUT2D eigenvalue weighted by Gasteiger charge is 2.28. The van der Waals surface area contributed by atoms with Gasteiger partial charge < -0.3 is 9.84 Å². The van der Waals surface area contributed by atoms with Crippen LogP contribution in [0.15, 0.2) is 54.6 Å². The fraction of sp³-hybridized carbons (Fsp3) is 0.278. The van der Waals surface area contributed by atoms with E-state index in [0.717, 1.165) is 18.4 Å².